The van der Waals surface area contributed by atoms with Gasteiger partial charge in [0, 0.05) is 68.4 Å². The molecule has 0 unspecified atom stereocenters. The molecule has 0 radical (unpaired) electrons. The molecule has 0 amide bonds. The highest BCUT2D eigenvalue weighted by atomic mass is 16.5. The number of fused-ring (bicyclic) bond motifs is 8. The predicted octanol–water partition coefficient (Wildman–Crippen LogP) is 17.3. The number of hydrogen-bond acceptors (Lipinski definition) is 9. The zero-order valence-corrected chi connectivity index (χ0v) is 47.9. The summed E-state index contributed by atoms with van der Waals surface area (Å²) in [5.41, 5.74) is 14.6. The van der Waals surface area contributed by atoms with E-state index >= 15 is 0 Å². The van der Waals surface area contributed by atoms with Crippen molar-refractivity contribution < 1.29 is 33.3 Å². The van der Waals surface area contributed by atoms with E-state index in [1.807, 2.05) is 48.5 Å². The lowest BCUT2D eigenvalue weighted by Gasteiger charge is -2.15. The van der Waals surface area contributed by atoms with Gasteiger partial charge in [0.1, 0.15) is 35.9 Å². The summed E-state index contributed by atoms with van der Waals surface area (Å²) in [5, 5.41) is 0. The molecule has 9 rings (SSSR count). The Morgan fingerprint density at radius 2 is 0.775 bits per heavy atom. The van der Waals surface area contributed by atoms with E-state index in [0.29, 0.717) is 85.1 Å². The molecule has 2 aliphatic rings. The van der Waals surface area contributed by atoms with Gasteiger partial charge in [0.25, 0.3) is 0 Å². The first kappa shape index (κ1) is 56.5. The van der Waals surface area contributed by atoms with Crippen molar-refractivity contribution in [3.05, 3.63) is 143 Å². The number of nitrogens with zero attached hydrogens (tertiary/aromatic N) is 2. The van der Waals surface area contributed by atoms with Crippen molar-refractivity contribution in [2.24, 2.45) is 23.7 Å². The van der Waals surface area contributed by atoms with Gasteiger partial charge in [-0.1, -0.05) is 111 Å². The molecular weight excluding hydrogens is 997 g/mol. The van der Waals surface area contributed by atoms with Gasteiger partial charge in [-0.2, -0.15) is 0 Å². The van der Waals surface area contributed by atoms with Crippen LogP contribution in [0.25, 0.3) is 90.9 Å². The molecule has 8 bridgehead atoms. The fourth-order valence-corrected chi connectivity index (χ4v) is 9.60. The minimum atomic E-state index is -0.251. The fraction of sp³-hybridized carbons (Fsp3) is 0.333. The molecule has 3 aromatic heterocycles. The van der Waals surface area contributed by atoms with Gasteiger partial charge in [0.15, 0.2) is 0 Å². The third kappa shape index (κ3) is 14.2. The summed E-state index contributed by atoms with van der Waals surface area (Å²) in [5.74, 6) is 4.47. The molecule has 7 aromatic rings. The van der Waals surface area contributed by atoms with Crippen LogP contribution in [0.1, 0.15) is 133 Å². The molecule has 2 aliphatic heterocycles. The largest absolute Gasteiger partial charge is 0.493 e. The van der Waals surface area contributed by atoms with Crippen LogP contribution in [0.5, 0.6) is 23.0 Å². The molecule has 0 saturated carbocycles. The number of hydrogen-bond donors (Lipinski definition) is 2. The van der Waals surface area contributed by atoms with Crippen molar-refractivity contribution in [1.82, 2.24) is 19.9 Å². The summed E-state index contributed by atoms with van der Waals surface area (Å²) in [6, 6.07) is 36.5. The van der Waals surface area contributed by atoms with Crippen molar-refractivity contribution in [3.8, 4) is 67.5 Å². The number of esters is 1. The van der Waals surface area contributed by atoms with E-state index in [0.717, 1.165) is 127 Å². The smallest absolute Gasteiger partial charge is 0.305 e. The number of nitrogens with one attached hydrogen (secondary N) is 2. The molecule has 0 aliphatic carbocycles. The summed E-state index contributed by atoms with van der Waals surface area (Å²) < 4.78 is 31.6. The predicted molar refractivity (Wildman–Crippen MR) is 326 cm³/mol. The number of carbonyl (C=O) groups is 2. The minimum absolute atomic E-state index is 0.174. The lowest BCUT2D eigenvalue weighted by atomic mass is 10.0. The topological polar surface area (TPSA) is 138 Å². The summed E-state index contributed by atoms with van der Waals surface area (Å²) in [7, 11) is 0. The number of rotatable bonds is 24. The van der Waals surface area contributed by atoms with Gasteiger partial charge >= 0.3 is 5.97 Å². The van der Waals surface area contributed by atoms with Crippen LogP contribution in [-0.2, 0) is 16.1 Å². The van der Waals surface area contributed by atoms with Crippen molar-refractivity contribution in [1.29, 1.82) is 0 Å². The Bertz CT molecular complexity index is 3410. The first-order valence-corrected chi connectivity index (χ1v) is 28.5. The maximum Gasteiger partial charge on any atom is 0.305 e. The highest BCUT2D eigenvalue weighted by molar-refractivity contribution is 6.00. The number of aromatic nitrogens is 4. The number of aromatic amines is 2. The highest BCUT2D eigenvalue weighted by Gasteiger charge is 2.21. The summed E-state index contributed by atoms with van der Waals surface area (Å²) in [6.07, 6.45) is 13.1. The number of carbonyl (C=O) groups excluding carboxylic acids is 2. The van der Waals surface area contributed by atoms with Crippen LogP contribution in [-0.4, -0.2) is 58.6 Å². The first-order chi connectivity index (χ1) is 38.7. The van der Waals surface area contributed by atoms with Gasteiger partial charge in [0.05, 0.1) is 49.2 Å². The molecule has 11 heteroatoms. The monoisotopic (exact) mass is 1070 g/mol. The SMILES string of the molecule is CCC(=O)OCc1ccc(-c2c3nc(c(-c4cc(OCCC(C)C)cc(OCCC(C)C)c4)c4ccc([nH]4)c(-c4ccc(C=O)cc4)c4nc(c(-c5cc(OCCC(C)C)cc(OCCC(C)C)c5)c5ccc2[nH]5)C=C4)C=C3)cc1. The van der Waals surface area contributed by atoms with Crippen LogP contribution in [0.4, 0.5) is 0 Å². The van der Waals surface area contributed by atoms with Crippen LogP contribution in [0.2, 0.25) is 0 Å². The van der Waals surface area contributed by atoms with Crippen molar-refractivity contribution in [2.45, 2.75) is 101 Å². The normalized spacial score (nSPS) is 12.0. The van der Waals surface area contributed by atoms with E-state index in [4.69, 9.17) is 33.7 Å². The van der Waals surface area contributed by atoms with Gasteiger partial charge in [-0.05, 0) is 150 Å². The van der Waals surface area contributed by atoms with E-state index in [-0.39, 0.29) is 12.6 Å². The molecule has 0 fully saturated rings. The molecule has 2 N–H and O–H groups in total. The first-order valence-electron chi connectivity index (χ1n) is 28.5. The lowest BCUT2D eigenvalue weighted by Crippen LogP contribution is -2.04. The van der Waals surface area contributed by atoms with E-state index in [9.17, 15) is 9.59 Å². The van der Waals surface area contributed by atoms with Gasteiger partial charge in [-0.25, -0.2) is 9.97 Å². The zero-order valence-electron chi connectivity index (χ0n) is 47.9. The van der Waals surface area contributed by atoms with Crippen LogP contribution < -0.4 is 18.9 Å². The lowest BCUT2D eigenvalue weighted by molar-refractivity contribution is -0.144. The number of H-pyrrole nitrogens is 2. The number of aldehydes is 1. The van der Waals surface area contributed by atoms with Gasteiger partial charge in [-0.3, -0.25) is 9.59 Å². The Hall–Kier alpha value is -8.18. The van der Waals surface area contributed by atoms with Crippen LogP contribution >= 0.6 is 0 Å². The number of benzene rings is 4. The second-order valence-corrected chi connectivity index (χ2v) is 22.5. The Labute approximate surface area is 471 Å². The summed E-state index contributed by atoms with van der Waals surface area (Å²) in [6.45, 7) is 21.8. The van der Waals surface area contributed by atoms with Crippen molar-refractivity contribution >= 4 is 58.6 Å². The molecule has 80 heavy (non-hydrogen) atoms. The Kier molecular flexibility index (Phi) is 18.5. The average molecular weight is 1070 g/mol. The molecule has 5 heterocycles. The standard InChI is InChI=1S/C69H76N4O7/c1-10-65(75)80-42-48-13-17-50(18-14-48)67-59-21-25-63(72-59)68(51-35-53(76-31-27-43(2)3)39-54(36-51)77-32-28-44(4)5)61-23-19-57(70-61)66(49-15-11-47(41-74)12-16-49)58-20-24-62(71-58)69(64-26-22-60(67)73-64)52-37-55(78-33-29-45(6)7)40-56(38-52)79-34-30-46(8)9/h11-26,35-41,43-46,70,73H,10,27-34,42H2,1-9H3. The van der Waals surface area contributed by atoms with Crippen LogP contribution in [0, 0.1) is 23.7 Å². The summed E-state index contributed by atoms with van der Waals surface area (Å²) in [4.78, 5) is 43.1. The Morgan fingerprint density at radius 1 is 0.450 bits per heavy atom. The second kappa shape index (κ2) is 26.2. The van der Waals surface area contributed by atoms with Crippen LogP contribution in [0.15, 0.2) is 109 Å². The zero-order chi connectivity index (χ0) is 56.3. The van der Waals surface area contributed by atoms with Gasteiger partial charge < -0.3 is 33.7 Å². The summed E-state index contributed by atoms with van der Waals surface area (Å²) >= 11 is 0. The van der Waals surface area contributed by atoms with Gasteiger partial charge in [0.2, 0.25) is 0 Å². The Morgan fingerprint density at radius 3 is 1.09 bits per heavy atom. The molecule has 414 valence electrons. The van der Waals surface area contributed by atoms with E-state index < -0.39 is 0 Å². The van der Waals surface area contributed by atoms with E-state index in [1.54, 1.807) is 6.92 Å². The third-order valence-corrected chi connectivity index (χ3v) is 14.2. The number of ether oxygens (including phenoxy) is 5. The molecule has 4 aromatic carbocycles. The molecule has 0 spiro atoms. The maximum absolute atomic E-state index is 12.2. The van der Waals surface area contributed by atoms with E-state index in [2.05, 4.69) is 150 Å². The Balaban J connectivity index is 1.37. The average Bonchev–Trinajstić information content (AvgIpc) is 4.30. The molecule has 0 saturated heterocycles. The highest BCUT2D eigenvalue weighted by Crippen LogP contribution is 2.41. The molecular formula is C69H76N4O7. The molecule has 11 nitrogen and oxygen atoms in total. The third-order valence-electron chi connectivity index (χ3n) is 14.2. The van der Waals surface area contributed by atoms with Gasteiger partial charge in [-0.15, -0.1) is 0 Å². The maximum atomic E-state index is 12.2. The van der Waals surface area contributed by atoms with Crippen LogP contribution in [0.3, 0.4) is 0 Å². The molecule has 0 atom stereocenters. The second-order valence-electron chi connectivity index (χ2n) is 22.5. The quantitative estimate of drug-likeness (QED) is 0.0447. The van der Waals surface area contributed by atoms with Crippen molar-refractivity contribution in [3.63, 3.8) is 0 Å². The minimum Gasteiger partial charge on any atom is -0.493 e. The fourth-order valence-electron chi connectivity index (χ4n) is 9.60. The van der Waals surface area contributed by atoms with Crippen molar-refractivity contribution in [2.75, 3.05) is 26.4 Å². The van der Waals surface area contributed by atoms with E-state index in [1.165, 1.54) is 0 Å².